The van der Waals surface area contributed by atoms with Crippen molar-refractivity contribution >= 4 is 23.2 Å². The van der Waals surface area contributed by atoms with Crippen LogP contribution in [0.2, 0.25) is 0 Å². The van der Waals surface area contributed by atoms with Crippen LogP contribution in [0.15, 0.2) is 54.9 Å². The third-order valence-electron chi connectivity index (χ3n) is 4.98. The van der Waals surface area contributed by atoms with Crippen LogP contribution in [0.3, 0.4) is 0 Å². The van der Waals surface area contributed by atoms with E-state index < -0.39 is 0 Å². The van der Waals surface area contributed by atoms with Crippen LogP contribution in [0.4, 0.5) is 17.3 Å². The van der Waals surface area contributed by atoms with Crippen LogP contribution in [0.1, 0.15) is 22.8 Å². The molecular formula is C22H22N4O3. The van der Waals surface area contributed by atoms with E-state index in [2.05, 4.69) is 21.4 Å². The SMILES string of the molecule is COc1ccc(OC)c(Nc2ncc(C(=O)N3c4ccccc4CC3C)cn2)c1. The molecule has 4 rings (SSSR count). The van der Waals surface area contributed by atoms with Gasteiger partial charge in [-0.3, -0.25) is 4.79 Å². The predicted molar refractivity (Wildman–Crippen MR) is 111 cm³/mol. The molecule has 0 spiro atoms. The zero-order valence-corrected chi connectivity index (χ0v) is 16.5. The zero-order valence-electron chi connectivity index (χ0n) is 16.5. The molecule has 1 aromatic heterocycles. The molecule has 0 radical (unpaired) electrons. The Balaban J connectivity index is 1.55. The third-order valence-corrected chi connectivity index (χ3v) is 4.98. The minimum Gasteiger partial charge on any atom is -0.497 e. The van der Waals surface area contributed by atoms with Gasteiger partial charge in [0, 0.05) is 30.2 Å². The number of benzene rings is 2. The summed E-state index contributed by atoms with van der Waals surface area (Å²) in [4.78, 5) is 23.5. The second kappa shape index (κ2) is 7.79. The number of carbonyl (C=O) groups excluding carboxylic acids is 1. The van der Waals surface area contributed by atoms with Gasteiger partial charge in [0.25, 0.3) is 5.91 Å². The van der Waals surface area contributed by atoms with E-state index in [0.29, 0.717) is 28.7 Å². The van der Waals surface area contributed by atoms with Crippen LogP contribution < -0.4 is 19.7 Å². The molecule has 0 fully saturated rings. The highest BCUT2D eigenvalue weighted by Crippen LogP contribution is 2.33. The van der Waals surface area contributed by atoms with Gasteiger partial charge in [-0.15, -0.1) is 0 Å². The van der Waals surface area contributed by atoms with Crippen molar-refractivity contribution < 1.29 is 14.3 Å². The van der Waals surface area contributed by atoms with E-state index in [4.69, 9.17) is 9.47 Å². The van der Waals surface area contributed by atoms with Gasteiger partial charge in [0.1, 0.15) is 11.5 Å². The molecule has 0 aliphatic carbocycles. The molecule has 0 saturated carbocycles. The lowest BCUT2D eigenvalue weighted by Gasteiger charge is -2.22. The van der Waals surface area contributed by atoms with Crippen LogP contribution in [0, 0.1) is 0 Å². The number of amides is 1. The number of aromatic nitrogens is 2. The van der Waals surface area contributed by atoms with Gasteiger partial charge in [0.05, 0.1) is 25.5 Å². The lowest BCUT2D eigenvalue weighted by Crippen LogP contribution is -2.35. The molecule has 1 atom stereocenters. The topological polar surface area (TPSA) is 76.6 Å². The number of carbonyl (C=O) groups is 1. The van der Waals surface area contributed by atoms with Crippen LogP contribution in [-0.4, -0.2) is 36.1 Å². The number of fused-ring (bicyclic) bond motifs is 1. The quantitative estimate of drug-likeness (QED) is 0.714. The highest BCUT2D eigenvalue weighted by atomic mass is 16.5. The van der Waals surface area contributed by atoms with Crippen molar-refractivity contribution in [1.82, 2.24) is 9.97 Å². The Bertz CT molecular complexity index is 1040. The highest BCUT2D eigenvalue weighted by molar-refractivity contribution is 6.07. The summed E-state index contributed by atoms with van der Waals surface area (Å²) in [5.41, 5.74) is 3.25. The van der Waals surface area contributed by atoms with E-state index in [0.717, 1.165) is 12.1 Å². The van der Waals surface area contributed by atoms with Crippen LogP contribution in [0.25, 0.3) is 0 Å². The molecule has 1 N–H and O–H groups in total. The van der Waals surface area contributed by atoms with Gasteiger partial charge in [-0.2, -0.15) is 0 Å². The number of nitrogens with one attached hydrogen (secondary N) is 1. The van der Waals surface area contributed by atoms with Gasteiger partial charge >= 0.3 is 0 Å². The lowest BCUT2D eigenvalue weighted by atomic mass is 10.1. The summed E-state index contributed by atoms with van der Waals surface area (Å²) in [5.74, 6) is 1.58. The van der Waals surface area contributed by atoms with Crippen molar-refractivity contribution in [1.29, 1.82) is 0 Å². The fourth-order valence-electron chi connectivity index (χ4n) is 3.55. The van der Waals surface area contributed by atoms with Gasteiger partial charge in [-0.05, 0) is 37.1 Å². The molecule has 0 bridgehead atoms. The van der Waals surface area contributed by atoms with E-state index in [1.165, 1.54) is 18.0 Å². The molecule has 148 valence electrons. The van der Waals surface area contributed by atoms with E-state index in [9.17, 15) is 4.79 Å². The Labute approximate surface area is 169 Å². The van der Waals surface area contributed by atoms with Gasteiger partial charge in [-0.1, -0.05) is 18.2 Å². The number of para-hydroxylation sites is 1. The van der Waals surface area contributed by atoms with Crippen LogP contribution in [-0.2, 0) is 6.42 Å². The van der Waals surface area contributed by atoms with E-state index >= 15 is 0 Å². The standard InChI is InChI=1S/C22H22N4O3/c1-14-10-15-6-4-5-7-19(15)26(14)21(27)16-12-23-22(24-13-16)25-18-11-17(28-2)8-9-20(18)29-3/h4-9,11-14H,10H2,1-3H3,(H,23,24,25). The summed E-state index contributed by atoms with van der Waals surface area (Å²) in [6.45, 7) is 2.05. The van der Waals surface area contributed by atoms with Gasteiger partial charge < -0.3 is 19.7 Å². The number of ether oxygens (including phenoxy) is 2. The molecule has 1 aliphatic rings. The molecule has 3 aromatic rings. The summed E-state index contributed by atoms with van der Waals surface area (Å²) in [6.07, 6.45) is 3.92. The number of hydrogen-bond donors (Lipinski definition) is 1. The normalized spacial score (nSPS) is 15.0. The smallest absolute Gasteiger partial charge is 0.261 e. The fraction of sp³-hybridized carbons (Fsp3) is 0.227. The van der Waals surface area contributed by atoms with E-state index in [-0.39, 0.29) is 11.9 Å². The van der Waals surface area contributed by atoms with E-state index in [1.54, 1.807) is 26.4 Å². The maximum Gasteiger partial charge on any atom is 0.261 e. The fourth-order valence-corrected chi connectivity index (χ4v) is 3.55. The summed E-state index contributed by atoms with van der Waals surface area (Å²) < 4.78 is 10.6. The van der Waals surface area contributed by atoms with Crippen molar-refractivity contribution in [3.63, 3.8) is 0 Å². The maximum atomic E-state index is 13.1. The molecule has 7 heteroatoms. The van der Waals surface area contributed by atoms with Gasteiger partial charge in [0.15, 0.2) is 0 Å². The number of nitrogens with zero attached hydrogens (tertiary/aromatic N) is 3. The highest BCUT2D eigenvalue weighted by Gasteiger charge is 2.31. The number of hydrogen-bond acceptors (Lipinski definition) is 6. The molecular weight excluding hydrogens is 368 g/mol. The first-order chi connectivity index (χ1) is 14.1. The molecule has 2 aromatic carbocycles. The molecule has 1 unspecified atom stereocenters. The molecule has 29 heavy (non-hydrogen) atoms. The Morgan fingerprint density at radius 1 is 1.10 bits per heavy atom. The largest absolute Gasteiger partial charge is 0.497 e. The van der Waals surface area contributed by atoms with Crippen molar-refractivity contribution in [2.45, 2.75) is 19.4 Å². The van der Waals surface area contributed by atoms with Crippen molar-refractivity contribution in [3.05, 3.63) is 66.0 Å². The van der Waals surface area contributed by atoms with Crippen LogP contribution >= 0.6 is 0 Å². The predicted octanol–water partition coefficient (Wildman–Crippen LogP) is 3.83. The van der Waals surface area contributed by atoms with Gasteiger partial charge in [0.2, 0.25) is 5.95 Å². The summed E-state index contributed by atoms with van der Waals surface area (Å²) in [6, 6.07) is 13.5. The molecule has 1 amide bonds. The molecule has 7 nitrogen and oxygen atoms in total. The second-order valence-corrected chi connectivity index (χ2v) is 6.84. The third kappa shape index (κ3) is 3.59. The molecule has 0 saturated heterocycles. The van der Waals surface area contributed by atoms with Crippen molar-refractivity contribution in [3.8, 4) is 11.5 Å². The average Bonchev–Trinajstić information content (AvgIpc) is 3.09. The first kappa shape index (κ1) is 18.7. The van der Waals surface area contributed by atoms with Crippen molar-refractivity contribution in [2.75, 3.05) is 24.4 Å². The number of anilines is 3. The summed E-state index contributed by atoms with van der Waals surface area (Å²) >= 11 is 0. The monoisotopic (exact) mass is 390 g/mol. The Morgan fingerprint density at radius 3 is 2.59 bits per heavy atom. The Morgan fingerprint density at radius 2 is 1.86 bits per heavy atom. The van der Waals surface area contributed by atoms with Gasteiger partial charge in [-0.25, -0.2) is 9.97 Å². The van der Waals surface area contributed by atoms with Crippen molar-refractivity contribution in [2.24, 2.45) is 0 Å². The first-order valence-corrected chi connectivity index (χ1v) is 9.33. The first-order valence-electron chi connectivity index (χ1n) is 9.33. The average molecular weight is 390 g/mol. The minimum atomic E-state index is -0.104. The second-order valence-electron chi connectivity index (χ2n) is 6.84. The number of methoxy groups -OCH3 is 2. The summed E-state index contributed by atoms with van der Waals surface area (Å²) in [5, 5.41) is 3.11. The molecule has 2 heterocycles. The Hall–Kier alpha value is -3.61. The molecule has 1 aliphatic heterocycles. The zero-order chi connectivity index (χ0) is 20.4. The number of rotatable bonds is 5. The lowest BCUT2D eigenvalue weighted by molar-refractivity contribution is 0.0981. The minimum absolute atomic E-state index is 0.0961. The van der Waals surface area contributed by atoms with Crippen LogP contribution in [0.5, 0.6) is 11.5 Å². The maximum absolute atomic E-state index is 13.1. The Kier molecular flexibility index (Phi) is 5.03. The summed E-state index contributed by atoms with van der Waals surface area (Å²) in [7, 11) is 3.19. The van der Waals surface area contributed by atoms with E-state index in [1.807, 2.05) is 36.1 Å².